The van der Waals surface area contributed by atoms with Crippen LogP contribution in [0.1, 0.15) is 36.9 Å². The standard InChI is InChI=1S/C29H29N5O2/c30-20-23(28(35)33-29(13-4-5-14-29)24-7-2-1-3-8-24)19-25-9-6-10-26(32-25)22-11-12-27(31-21-22)34-15-17-36-18-16-34/h1-3,6-12,19,21H,4-5,13-18H2,(H,33,35)/b23-19+. The summed E-state index contributed by atoms with van der Waals surface area (Å²) in [5, 5.41) is 13.0. The van der Waals surface area contributed by atoms with Crippen LogP contribution >= 0.6 is 0 Å². The summed E-state index contributed by atoms with van der Waals surface area (Å²) in [6.45, 7) is 3.08. The summed E-state index contributed by atoms with van der Waals surface area (Å²) in [5.74, 6) is 0.549. The lowest BCUT2D eigenvalue weighted by Crippen LogP contribution is -2.44. The zero-order valence-corrected chi connectivity index (χ0v) is 20.2. The molecule has 7 heteroatoms. The number of nitriles is 1. The maximum Gasteiger partial charge on any atom is 0.262 e. The minimum Gasteiger partial charge on any atom is -0.378 e. The van der Waals surface area contributed by atoms with Gasteiger partial charge in [0.2, 0.25) is 0 Å². The van der Waals surface area contributed by atoms with Crippen LogP contribution in [0.5, 0.6) is 0 Å². The first-order valence-electron chi connectivity index (χ1n) is 12.4. The van der Waals surface area contributed by atoms with Crippen LogP contribution < -0.4 is 10.2 Å². The Morgan fingerprint density at radius 1 is 1.03 bits per heavy atom. The van der Waals surface area contributed by atoms with Crippen LogP contribution in [-0.4, -0.2) is 42.2 Å². The van der Waals surface area contributed by atoms with E-state index in [-0.39, 0.29) is 11.5 Å². The van der Waals surface area contributed by atoms with E-state index in [2.05, 4.69) is 26.3 Å². The zero-order chi connectivity index (χ0) is 24.8. The van der Waals surface area contributed by atoms with Gasteiger partial charge in [0.15, 0.2) is 0 Å². The van der Waals surface area contributed by atoms with Crippen molar-refractivity contribution in [2.45, 2.75) is 31.2 Å². The molecule has 5 rings (SSSR count). The topological polar surface area (TPSA) is 91.1 Å². The molecule has 0 unspecified atom stereocenters. The van der Waals surface area contributed by atoms with Crippen molar-refractivity contribution in [2.24, 2.45) is 0 Å². The van der Waals surface area contributed by atoms with Gasteiger partial charge < -0.3 is 15.0 Å². The highest BCUT2D eigenvalue weighted by Gasteiger charge is 2.37. The fourth-order valence-electron chi connectivity index (χ4n) is 5.01. The molecule has 1 amide bonds. The molecule has 1 N–H and O–H groups in total. The van der Waals surface area contributed by atoms with Crippen molar-refractivity contribution >= 4 is 17.8 Å². The molecule has 2 aromatic heterocycles. The summed E-state index contributed by atoms with van der Waals surface area (Å²) in [5.41, 5.74) is 2.86. The number of rotatable bonds is 6. The van der Waals surface area contributed by atoms with Crippen molar-refractivity contribution in [1.29, 1.82) is 5.26 Å². The molecule has 2 aliphatic rings. The average molecular weight is 480 g/mol. The number of carbonyl (C=O) groups excluding carboxylic acids is 1. The number of pyridine rings is 2. The van der Waals surface area contributed by atoms with E-state index in [1.165, 1.54) is 0 Å². The maximum atomic E-state index is 13.2. The van der Waals surface area contributed by atoms with Crippen LogP contribution in [0.15, 0.2) is 72.4 Å². The second kappa shape index (κ2) is 10.7. The summed E-state index contributed by atoms with van der Waals surface area (Å²) in [7, 11) is 0. The zero-order valence-electron chi connectivity index (χ0n) is 20.2. The molecule has 1 aliphatic heterocycles. The van der Waals surface area contributed by atoms with Gasteiger partial charge in [0.25, 0.3) is 5.91 Å². The van der Waals surface area contributed by atoms with E-state index < -0.39 is 5.54 Å². The number of nitrogens with zero attached hydrogens (tertiary/aromatic N) is 4. The molecule has 0 spiro atoms. The van der Waals surface area contributed by atoms with E-state index in [1.54, 1.807) is 12.1 Å². The van der Waals surface area contributed by atoms with Crippen LogP contribution in [0.3, 0.4) is 0 Å². The van der Waals surface area contributed by atoms with Crippen molar-refractivity contribution < 1.29 is 9.53 Å². The molecule has 1 aromatic carbocycles. The molecule has 3 heterocycles. The predicted octanol–water partition coefficient (Wildman–Crippen LogP) is 4.47. The lowest BCUT2D eigenvalue weighted by Gasteiger charge is -2.31. The Balaban J connectivity index is 1.35. The molecule has 7 nitrogen and oxygen atoms in total. The van der Waals surface area contributed by atoms with Gasteiger partial charge in [-0.15, -0.1) is 0 Å². The highest BCUT2D eigenvalue weighted by Crippen LogP contribution is 2.39. The number of amides is 1. The summed E-state index contributed by atoms with van der Waals surface area (Å²) < 4.78 is 5.41. The second-order valence-electron chi connectivity index (χ2n) is 9.23. The Labute approximate surface area is 211 Å². The maximum absolute atomic E-state index is 13.2. The van der Waals surface area contributed by atoms with Crippen molar-refractivity contribution in [3.8, 4) is 17.3 Å². The first-order valence-corrected chi connectivity index (χ1v) is 12.4. The van der Waals surface area contributed by atoms with Crippen LogP contribution in [0, 0.1) is 11.3 Å². The number of hydrogen-bond donors (Lipinski definition) is 1. The van der Waals surface area contributed by atoms with Crippen LogP contribution in [-0.2, 0) is 15.1 Å². The Bertz CT molecular complexity index is 1270. The summed E-state index contributed by atoms with van der Waals surface area (Å²) in [4.78, 5) is 24.7. The van der Waals surface area contributed by atoms with Crippen molar-refractivity contribution in [3.63, 3.8) is 0 Å². The molecular formula is C29H29N5O2. The lowest BCUT2D eigenvalue weighted by atomic mass is 9.88. The Hall–Kier alpha value is -4.02. The minimum atomic E-state index is -0.433. The third-order valence-electron chi connectivity index (χ3n) is 6.94. The fraction of sp³-hybridized carbons (Fsp3) is 0.310. The van der Waals surface area contributed by atoms with Gasteiger partial charge >= 0.3 is 0 Å². The van der Waals surface area contributed by atoms with Gasteiger partial charge in [-0.2, -0.15) is 5.26 Å². The molecule has 182 valence electrons. The summed E-state index contributed by atoms with van der Waals surface area (Å²) in [6.07, 6.45) is 7.18. The Kier molecular flexibility index (Phi) is 7.06. The molecule has 36 heavy (non-hydrogen) atoms. The quantitative estimate of drug-likeness (QED) is 0.414. The van der Waals surface area contributed by atoms with Crippen LogP contribution in [0.25, 0.3) is 17.3 Å². The molecule has 1 saturated heterocycles. The minimum absolute atomic E-state index is 0.0441. The third kappa shape index (κ3) is 5.14. The Morgan fingerprint density at radius 3 is 2.50 bits per heavy atom. The van der Waals surface area contributed by atoms with Gasteiger partial charge in [0, 0.05) is 24.8 Å². The van der Waals surface area contributed by atoms with Crippen molar-refractivity contribution in [2.75, 3.05) is 31.2 Å². The number of aromatic nitrogens is 2. The van der Waals surface area contributed by atoms with Crippen LogP contribution in [0.2, 0.25) is 0 Å². The van der Waals surface area contributed by atoms with Gasteiger partial charge in [-0.3, -0.25) is 4.79 Å². The van der Waals surface area contributed by atoms with Gasteiger partial charge in [-0.1, -0.05) is 49.2 Å². The first kappa shape index (κ1) is 23.7. The third-order valence-corrected chi connectivity index (χ3v) is 6.94. The molecule has 0 radical (unpaired) electrons. The largest absolute Gasteiger partial charge is 0.378 e. The smallest absolute Gasteiger partial charge is 0.262 e. The highest BCUT2D eigenvalue weighted by molar-refractivity contribution is 6.02. The molecule has 2 fully saturated rings. The molecular weight excluding hydrogens is 450 g/mol. The molecule has 0 bridgehead atoms. The average Bonchev–Trinajstić information content (AvgIpc) is 3.42. The fourth-order valence-corrected chi connectivity index (χ4v) is 5.01. The van der Waals surface area contributed by atoms with Crippen molar-refractivity contribution in [3.05, 3.63) is 83.7 Å². The lowest BCUT2D eigenvalue weighted by molar-refractivity contribution is -0.119. The van der Waals surface area contributed by atoms with E-state index in [1.807, 2.05) is 60.8 Å². The second-order valence-corrected chi connectivity index (χ2v) is 9.23. The van der Waals surface area contributed by atoms with Gasteiger partial charge in [0.05, 0.1) is 30.1 Å². The number of nitrogens with one attached hydrogen (secondary N) is 1. The molecule has 0 atom stereocenters. The molecule has 3 aromatic rings. The van der Waals surface area contributed by atoms with E-state index in [4.69, 9.17) is 4.74 Å². The van der Waals surface area contributed by atoms with Gasteiger partial charge in [0.1, 0.15) is 17.5 Å². The number of ether oxygens (including phenoxy) is 1. The van der Waals surface area contributed by atoms with E-state index in [0.29, 0.717) is 18.9 Å². The first-order chi connectivity index (χ1) is 17.7. The number of carbonyl (C=O) groups is 1. The number of benzene rings is 1. The molecule has 1 saturated carbocycles. The summed E-state index contributed by atoms with van der Waals surface area (Å²) >= 11 is 0. The number of hydrogen-bond acceptors (Lipinski definition) is 6. The highest BCUT2D eigenvalue weighted by atomic mass is 16.5. The van der Waals surface area contributed by atoms with Gasteiger partial charge in [-0.05, 0) is 48.7 Å². The SMILES string of the molecule is N#C/C(=C\c1cccc(-c2ccc(N3CCOCC3)nc2)n1)C(=O)NC1(c2ccccc2)CCCC1. The van der Waals surface area contributed by atoms with Gasteiger partial charge in [-0.25, -0.2) is 9.97 Å². The monoisotopic (exact) mass is 479 g/mol. The number of morpholine rings is 1. The van der Waals surface area contributed by atoms with E-state index in [0.717, 1.165) is 61.4 Å². The van der Waals surface area contributed by atoms with Crippen LogP contribution in [0.4, 0.5) is 5.82 Å². The Morgan fingerprint density at radius 2 is 1.81 bits per heavy atom. The number of anilines is 1. The predicted molar refractivity (Wildman–Crippen MR) is 139 cm³/mol. The van der Waals surface area contributed by atoms with Crippen molar-refractivity contribution in [1.82, 2.24) is 15.3 Å². The van der Waals surface area contributed by atoms with E-state index >= 15 is 0 Å². The normalized spacial score (nSPS) is 17.4. The summed E-state index contributed by atoms with van der Waals surface area (Å²) in [6, 6.07) is 21.7. The molecule has 1 aliphatic carbocycles. The van der Waals surface area contributed by atoms with E-state index in [9.17, 15) is 10.1 Å².